The van der Waals surface area contributed by atoms with Gasteiger partial charge in [-0.05, 0) is 29.8 Å². The lowest BCUT2D eigenvalue weighted by atomic mass is 10.00. The van der Waals surface area contributed by atoms with Crippen molar-refractivity contribution in [3.05, 3.63) is 89.2 Å². The van der Waals surface area contributed by atoms with E-state index >= 15 is 0 Å². The quantitative estimate of drug-likeness (QED) is 0.574. The van der Waals surface area contributed by atoms with Crippen LogP contribution >= 0.6 is 0 Å². The van der Waals surface area contributed by atoms with Gasteiger partial charge in [-0.1, -0.05) is 54.6 Å². The van der Waals surface area contributed by atoms with Crippen LogP contribution in [0.15, 0.2) is 83.7 Å². The van der Waals surface area contributed by atoms with E-state index in [-0.39, 0.29) is 11.3 Å². The molecule has 5 nitrogen and oxygen atoms in total. The van der Waals surface area contributed by atoms with Crippen molar-refractivity contribution in [2.45, 2.75) is 0 Å². The molecule has 0 aliphatic carbocycles. The molecule has 0 amide bonds. The second-order valence-electron chi connectivity index (χ2n) is 6.06. The van der Waals surface area contributed by atoms with Crippen molar-refractivity contribution in [3.63, 3.8) is 0 Å². The number of nitrogens with zero attached hydrogens (tertiary/aromatic N) is 1. The van der Waals surface area contributed by atoms with Gasteiger partial charge < -0.3 is 9.84 Å². The number of phenols is 1. The summed E-state index contributed by atoms with van der Waals surface area (Å²) in [5.41, 5.74) is 2.90. The highest BCUT2D eigenvalue weighted by atomic mass is 16.5. The number of methoxy groups -OCH3 is 1. The van der Waals surface area contributed by atoms with Crippen LogP contribution in [-0.4, -0.2) is 22.0 Å². The third-order valence-electron chi connectivity index (χ3n) is 4.45. The molecule has 0 bridgehead atoms. The second-order valence-corrected chi connectivity index (χ2v) is 6.06. The molecule has 0 saturated carbocycles. The molecule has 4 aromatic rings. The number of para-hydroxylation sites is 2. The van der Waals surface area contributed by atoms with Gasteiger partial charge in [-0.3, -0.25) is 14.6 Å². The van der Waals surface area contributed by atoms with Crippen LogP contribution < -0.4 is 10.3 Å². The molecule has 1 aromatic heterocycles. The summed E-state index contributed by atoms with van der Waals surface area (Å²) in [5.74, 6) is 0.334. The van der Waals surface area contributed by atoms with E-state index in [1.807, 2.05) is 60.7 Å². The van der Waals surface area contributed by atoms with Crippen molar-refractivity contribution in [2.24, 2.45) is 0 Å². The average molecular weight is 358 g/mol. The van der Waals surface area contributed by atoms with Gasteiger partial charge >= 0.3 is 0 Å². The van der Waals surface area contributed by atoms with Crippen molar-refractivity contribution >= 4 is 0 Å². The zero-order valence-corrected chi connectivity index (χ0v) is 14.7. The van der Waals surface area contributed by atoms with Gasteiger partial charge in [0.25, 0.3) is 5.56 Å². The van der Waals surface area contributed by atoms with E-state index < -0.39 is 0 Å². The van der Waals surface area contributed by atoms with Crippen LogP contribution in [0.5, 0.6) is 11.5 Å². The molecular weight excluding hydrogens is 340 g/mol. The average Bonchev–Trinajstić information content (AvgIpc) is 3.06. The smallest absolute Gasteiger partial charge is 0.272 e. The predicted molar refractivity (Wildman–Crippen MR) is 105 cm³/mol. The Morgan fingerprint density at radius 3 is 2.22 bits per heavy atom. The van der Waals surface area contributed by atoms with E-state index in [9.17, 15) is 9.90 Å². The van der Waals surface area contributed by atoms with Gasteiger partial charge in [0, 0.05) is 5.56 Å². The number of aromatic hydroxyl groups is 1. The van der Waals surface area contributed by atoms with Gasteiger partial charge in [0.2, 0.25) is 0 Å². The first-order valence-corrected chi connectivity index (χ1v) is 8.53. The zero-order valence-electron chi connectivity index (χ0n) is 14.7. The molecule has 0 radical (unpaired) electrons. The number of benzene rings is 3. The van der Waals surface area contributed by atoms with E-state index in [1.54, 1.807) is 22.9 Å². The highest BCUT2D eigenvalue weighted by Gasteiger charge is 2.22. The molecule has 0 saturated heterocycles. The van der Waals surface area contributed by atoms with Gasteiger partial charge in [-0.25, -0.2) is 0 Å². The fourth-order valence-electron chi connectivity index (χ4n) is 3.21. The second kappa shape index (κ2) is 6.88. The summed E-state index contributed by atoms with van der Waals surface area (Å²) in [7, 11) is 1.50. The number of nitrogens with one attached hydrogen (secondary N) is 1. The third kappa shape index (κ3) is 2.89. The molecule has 5 heteroatoms. The van der Waals surface area contributed by atoms with Crippen LogP contribution in [0, 0.1) is 0 Å². The Hall–Kier alpha value is -3.73. The zero-order chi connectivity index (χ0) is 18.8. The Morgan fingerprint density at radius 1 is 0.889 bits per heavy atom. The Bertz CT molecular complexity index is 1130. The van der Waals surface area contributed by atoms with Gasteiger partial charge in [0.15, 0.2) is 11.5 Å². The lowest BCUT2D eigenvalue weighted by Gasteiger charge is -2.13. The van der Waals surface area contributed by atoms with Crippen molar-refractivity contribution in [1.82, 2.24) is 9.78 Å². The van der Waals surface area contributed by atoms with Gasteiger partial charge in [0.05, 0.1) is 24.1 Å². The fraction of sp³-hybridized carbons (Fsp3) is 0.0455. The minimum absolute atomic E-state index is 0.0131. The summed E-state index contributed by atoms with van der Waals surface area (Å²) in [6, 6.07) is 24.1. The maximum Gasteiger partial charge on any atom is 0.272 e. The van der Waals surface area contributed by atoms with Crippen molar-refractivity contribution in [1.29, 1.82) is 0 Å². The molecule has 0 aliphatic heterocycles. The summed E-state index contributed by atoms with van der Waals surface area (Å²) in [6.45, 7) is 0. The van der Waals surface area contributed by atoms with E-state index in [0.29, 0.717) is 22.6 Å². The van der Waals surface area contributed by atoms with E-state index in [1.165, 1.54) is 7.11 Å². The maximum absolute atomic E-state index is 12.9. The van der Waals surface area contributed by atoms with Crippen molar-refractivity contribution < 1.29 is 9.84 Å². The van der Waals surface area contributed by atoms with Crippen LogP contribution in [-0.2, 0) is 0 Å². The van der Waals surface area contributed by atoms with Crippen LogP contribution in [0.25, 0.3) is 28.1 Å². The summed E-state index contributed by atoms with van der Waals surface area (Å²) in [4.78, 5) is 12.9. The van der Waals surface area contributed by atoms with Crippen LogP contribution in [0.2, 0.25) is 0 Å². The normalized spacial score (nSPS) is 10.7. The van der Waals surface area contributed by atoms with E-state index in [4.69, 9.17) is 4.74 Å². The number of hydrogen-bond donors (Lipinski definition) is 2. The molecule has 2 N–H and O–H groups in total. The molecule has 3 aromatic carbocycles. The van der Waals surface area contributed by atoms with Gasteiger partial charge in [-0.2, -0.15) is 0 Å². The van der Waals surface area contributed by atoms with Crippen molar-refractivity contribution in [3.8, 4) is 39.6 Å². The van der Waals surface area contributed by atoms with Crippen molar-refractivity contribution in [2.75, 3.05) is 7.11 Å². The number of aromatic nitrogens is 2. The van der Waals surface area contributed by atoms with E-state index in [0.717, 1.165) is 11.3 Å². The topological polar surface area (TPSA) is 67.2 Å². The molecule has 0 atom stereocenters. The molecule has 0 unspecified atom stereocenters. The van der Waals surface area contributed by atoms with E-state index in [2.05, 4.69) is 5.10 Å². The molecule has 0 fully saturated rings. The number of rotatable bonds is 4. The Labute approximate surface area is 156 Å². The minimum Gasteiger partial charge on any atom is -0.504 e. The SMILES string of the molecule is COc1cccc(-c2c(-c3ccccc3)c(=O)[nH]n2-c2ccccc2)c1O. The highest BCUT2D eigenvalue weighted by molar-refractivity contribution is 5.85. The first kappa shape index (κ1) is 16.7. The number of ether oxygens (including phenoxy) is 1. The number of aromatic amines is 1. The maximum atomic E-state index is 12.9. The lowest BCUT2D eigenvalue weighted by Crippen LogP contribution is -2.05. The summed E-state index contributed by atoms with van der Waals surface area (Å²) < 4.78 is 6.95. The monoisotopic (exact) mass is 358 g/mol. The molecule has 0 spiro atoms. The van der Waals surface area contributed by atoms with Gasteiger partial charge in [-0.15, -0.1) is 0 Å². The molecule has 27 heavy (non-hydrogen) atoms. The molecule has 0 aliphatic rings. The molecular formula is C22H18N2O3. The van der Waals surface area contributed by atoms with Crippen LogP contribution in [0.1, 0.15) is 0 Å². The largest absolute Gasteiger partial charge is 0.504 e. The summed E-state index contributed by atoms with van der Waals surface area (Å²) >= 11 is 0. The highest BCUT2D eigenvalue weighted by Crippen LogP contribution is 2.40. The lowest BCUT2D eigenvalue weighted by molar-refractivity contribution is 0.374. The van der Waals surface area contributed by atoms with Gasteiger partial charge in [0.1, 0.15) is 0 Å². The number of hydrogen-bond acceptors (Lipinski definition) is 3. The van der Waals surface area contributed by atoms with Crippen LogP contribution in [0.3, 0.4) is 0 Å². The standard InChI is InChI=1S/C22H18N2O3/c1-27-18-14-8-13-17(21(18)25)20-19(15-9-4-2-5-10-15)22(26)23-24(20)16-11-6-3-7-12-16/h2-14,25H,1H3,(H,23,26). The summed E-state index contributed by atoms with van der Waals surface area (Å²) in [6.07, 6.45) is 0. The Balaban J connectivity index is 2.08. The molecule has 134 valence electrons. The minimum atomic E-state index is -0.234. The molecule has 4 rings (SSSR count). The Kier molecular flexibility index (Phi) is 4.26. The first-order chi connectivity index (χ1) is 13.2. The third-order valence-corrected chi connectivity index (χ3v) is 4.45. The number of phenolic OH excluding ortho intramolecular Hbond substituents is 1. The predicted octanol–water partition coefficient (Wildman–Crippen LogP) is 4.21. The first-order valence-electron chi connectivity index (χ1n) is 8.53. The summed E-state index contributed by atoms with van der Waals surface area (Å²) in [5, 5.41) is 13.6. The van der Waals surface area contributed by atoms with Crippen LogP contribution in [0.4, 0.5) is 0 Å². The fourth-order valence-corrected chi connectivity index (χ4v) is 3.21. The molecule has 1 heterocycles. The number of H-pyrrole nitrogens is 1. The Morgan fingerprint density at radius 2 is 1.56 bits per heavy atom.